The van der Waals surface area contributed by atoms with Crippen LogP contribution in [-0.4, -0.2) is 59.9 Å². The highest BCUT2D eigenvalue weighted by Gasteiger charge is 2.18. The number of nitro groups is 2. The monoisotopic (exact) mass is 504 g/mol. The van der Waals surface area contributed by atoms with Crippen molar-refractivity contribution in [3.05, 3.63) is 67.8 Å². The van der Waals surface area contributed by atoms with E-state index in [1.807, 2.05) is 0 Å². The standard InChI is InChI=1S/C20H20N6O10/c21-13-3-1-11(7-15(13)25(31)32)19(29)35-9-17(27)23-5-6-24-18(28)10-36-20(30)12-2-4-14(22)16(8-12)26(33)34/h1-4,7-8H,5-6,9-10,21-22H2,(H,23,27)(H,24,28). The second kappa shape index (κ2) is 12.3. The molecule has 0 heterocycles. The van der Waals surface area contributed by atoms with Crippen molar-refractivity contribution in [1.29, 1.82) is 0 Å². The number of amides is 2. The van der Waals surface area contributed by atoms with Crippen molar-refractivity contribution >= 4 is 46.5 Å². The summed E-state index contributed by atoms with van der Waals surface area (Å²) in [6.45, 7) is -1.49. The lowest BCUT2D eigenvalue weighted by Gasteiger charge is -2.09. The first-order valence-corrected chi connectivity index (χ1v) is 9.95. The fraction of sp³-hybridized carbons (Fsp3) is 0.200. The van der Waals surface area contributed by atoms with Crippen molar-refractivity contribution in [2.75, 3.05) is 37.8 Å². The molecule has 0 bridgehead atoms. The highest BCUT2D eigenvalue weighted by atomic mass is 16.6. The Morgan fingerprint density at radius 2 is 1.08 bits per heavy atom. The summed E-state index contributed by atoms with van der Waals surface area (Å²) in [7, 11) is 0. The van der Waals surface area contributed by atoms with Crippen LogP contribution in [0.4, 0.5) is 22.7 Å². The van der Waals surface area contributed by atoms with Crippen LogP contribution in [0.1, 0.15) is 20.7 Å². The summed E-state index contributed by atoms with van der Waals surface area (Å²) in [6, 6.07) is 6.58. The maximum absolute atomic E-state index is 11.9. The lowest BCUT2D eigenvalue weighted by Crippen LogP contribution is -2.38. The van der Waals surface area contributed by atoms with Gasteiger partial charge in [0.2, 0.25) is 0 Å². The molecule has 2 rings (SSSR count). The van der Waals surface area contributed by atoms with Crippen LogP contribution in [0, 0.1) is 20.2 Å². The molecule has 0 unspecified atom stereocenters. The number of esters is 2. The van der Waals surface area contributed by atoms with Crippen LogP contribution in [0.5, 0.6) is 0 Å². The zero-order chi connectivity index (χ0) is 26.8. The smallest absolute Gasteiger partial charge is 0.338 e. The van der Waals surface area contributed by atoms with Crippen molar-refractivity contribution in [3.63, 3.8) is 0 Å². The minimum absolute atomic E-state index is 0.0619. The summed E-state index contributed by atoms with van der Waals surface area (Å²) < 4.78 is 9.54. The van der Waals surface area contributed by atoms with Gasteiger partial charge in [0.25, 0.3) is 23.2 Å². The van der Waals surface area contributed by atoms with Gasteiger partial charge in [-0.3, -0.25) is 29.8 Å². The van der Waals surface area contributed by atoms with E-state index in [2.05, 4.69) is 10.6 Å². The molecule has 16 heteroatoms. The summed E-state index contributed by atoms with van der Waals surface area (Å²) in [6.07, 6.45) is 0. The van der Waals surface area contributed by atoms with Crippen molar-refractivity contribution in [3.8, 4) is 0 Å². The Hall–Kier alpha value is -5.28. The molecule has 0 saturated carbocycles. The van der Waals surface area contributed by atoms with E-state index in [1.54, 1.807) is 0 Å². The number of nitrogens with two attached hydrogens (primary N) is 2. The van der Waals surface area contributed by atoms with Crippen LogP contribution < -0.4 is 22.1 Å². The van der Waals surface area contributed by atoms with Gasteiger partial charge in [0.15, 0.2) is 13.2 Å². The van der Waals surface area contributed by atoms with Crippen LogP contribution in [0.3, 0.4) is 0 Å². The number of nitrogen functional groups attached to an aromatic ring is 2. The highest BCUT2D eigenvalue weighted by Crippen LogP contribution is 2.23. The van der Waals surface area contributed by atoms with E-state index in [0.29, 0.717) is 0 Å². The number of ether oxygens (including phenoxy) is 2. The Balaban J connectivity index is 1.68. The molecule has 6 N–H and O–H groups in total. The molecule has 0 fully saturated rings. The summed E-state index contributed by atoms with van der Waals surface area (Å²) in [4.78, 5) is 67.6. The molecule has 0 spiro atoms. The molecule has 36 heavy (non-hydrogen) atoms. The van der Waals surface area contributed by atoms with Crippen LogP contribution in [0.15, 0.2) is 36.4 Å². The van der Waals surface area contributed by atoms with E-state index in [9.17, 15) is 39.4 Å². The van der Waals surface area contributed by atoms with E-state index in [0.717, 1.165) is 24.3 Å². The molecule has 190 valence electrons. The highest BCUT2D eigenvalue weighted by molar-refractivity contribution is 5.93. The Morgan fingerprint density at radius 1 is 0.722 bits per heavy atom. The molecule has 0 atom stereocenters. The molecular formula is C20H20N6O10. The largest absolute Gasteiger partial charge is 0.452 e. The molecule has 0 saturated heterocycles. The van der Waals surface area contributed by atoms with E-state index >= 15 is 0 Å². The predicted molar refractivity (Wildman–Crippen MR) is 122 cm³/mol. The lowest BCUT2D eigenvalue weighted by molar-refractivity contribution is -0.384. The van der Waals surface area contributed by atoms with Crippen molar-refractivity contribution in [2.24, 2.45) is 0 Å². The number of benzene rings is 2. The first-order chi connectivity index (χ1) is 17.0. The summed E-state index contributed by atoms with van der Waals surface area (Å²) in [5.41, 5.74) is 9.31. The number of carbonyl (C=O) groups excluding carboxylic acids is 4. The minimum Gasteiger partial charge on any atom is -0.452 e. The van der Waals surface area contributed by atoms with Crippen molar-refractivity contribution < 1.29 is 38.5 Å². The zero-order valence-corrected chi connectivity index (χ0v) is 18.4. The number of rotatable bonds is 11. The average Bonchev–Trinajstić information content (AvgIpc) is 2.83. The number of hydrogen-bond donors (Lipinski definition) is 4. The maximum atomic E-state index is 11.9. The second-order valence-corrected chi connectivity index (χ2v) is 6.91. The number of nitro benzene ring substituents is 2. The van der Waals surface area contributed by atoms with Crippen LogP contribution >= 0.6 is 0 Å². The second-order valence-electron chi connectivity index (χ2n) is 6.91. The zero-order valence-electron chi connectivity index (χ0n) is 18.4. The van der Waals surface area contributed by atoms with Gasteiger partial charge in [0.1, 0.15) is 11.4 Å². The van der Waals surface area contributed by atoms with Gasteiger partial charge in [-0.25, -0.2) is 9.59 Å². The van der Waals surface area contributed by atoms with E-state index < -0.39 is 58.2 Å². The van der Waals surface area contributed by atoms with Gasteiger partial charge in [-0.1, -0.05) is 0 Å². The van der Waals surface area contributed by atoms with Crippen LogP contribution in [-0.2, 0) is 19.1 Å². The number of nitrogens with one attached hydrogen (secondary N) is 2. The van der Waals surface area contributed by atoms with E-state index in [4.69, 9.17) is 20.9 Å². The van der Waals surface area contributed by atoms with Gasteiger partial charge in [-0.15, -0.1) is 0 Å². The maximum Gasteiger partial charge on any atom is 0.338 e. The fourth-order valence-electron chi connectivity index (χ4n) is 2.59. The molecule has 2 amide bonds. The Morgan fingerprint density at radius 3 is 1.42 bits per heavy atom. The topological polar surface area (TPSA) is 249 Å². The average molecular weight is 504 g/mol. The van der Waals surface area contributed by atoms with Gasteiger partial charge in [-0.05, 0) is 24.3 Å². The van der Waals surface area contributed by atoms with Gasteiger partial charge in [0, 0.05) is 25.2 Å². The predicted octanol–water partition coefficient (Wildman–Crippen LogP) is -0.0864. The number of carbonyl (C=O) groups is 4. The number of hydrogen-bond acceptors (Lipinski definition) is 12. The third kappa shape index (κ3) is 7.65. The fourth-order valence-corrected chi connectivity index (χ4v) is 2.59. The van der Waals surface area contributed by atoms with Crippen molar-refractivity contribution in [2.45, 2.75) is 0 Å². The minimum atomic E-state index is -0.977. The summed E-state index contributed by atoms with van der Waals surface area (Å²) >= 11 is 0. The Labute approximate surface area is 201 Å². The van der Waals surface area contributed by atoms with Gasteiger partial charge in [-0.2, -0.15) is 0 Å². The van der Waals surface area contributed by atoms with Gasteiger partial charge in [0.05, 0.1) is 21.0 Å². The molecule has 16 nitrogen and oxygen atoms in total. The molecule has 0 aromatic heterocycles. The molecule has 0 aliphatic rings. The van der Waals surface area contributed by atoms with Crippen LogP contribution in [0.2, 0.25) is 0 Å². The quantitative estimate of drug-likeness (QED) is 0.103. The Bertz CT molecular complexity index is 1120. The first kappa shape index (κ1) is 27.0. The molecule has 0 aliphatic heterocycles. The van der Waals surface area contributed by atoms with Crippen molar-refractivity contribution in [1.82, 2.24) is 10.6 Å². The lowest BCUT2D eigenvalue weighted by atomic mass is 10.2. The molecule has 2 aromatic carbocycles. The molecule has 0 radical (unpaired) electrons. The summed E-state index contributed by atoms with van der Waals surface area (Å²) in [5.74, 6) is -3.37. The van der Waals surface area contributed by atoms with Gasteiger partial charge >= 0.3 is 11.9 Å². The SMILES string of the molecule is Nc1ccc(C(=O)OCC(=O)NCCNC(=O)COC(=O)c2ccc(N)c([N+](=O)[O-])c2)cc1[N+](=O)[O-]. The first-order valence-electron chi connectivity index (χ1n) is 9.95. The van der Waals surface area contributed by atoms with E-state index in [1.165, 1.54) is 12.1 Å². The third-order valence-electron chi connectivity index (χ3n) is 4.36. The molecule has 2 aromatic rings. The third-order valence-corrected chi connectivity index (χ3v) is 4.36. The molecular weight excluding hydrogens is 484 g/mol. The normalized spacial score (nSPS) is 10.1. The van der Waals surface area contributed by atoms with Gasteiger partial charge < -0.3 is 31.6 Å². The summed E-state index contributed by atoms with van der Waals surface area (Å²) in [5, 5.41) is 26.4. The number of anilines is 2. The molecule has 0 aliphatic carbocycles. The Kier molecular flexibility index (Phi) is 9.18. The number of nitrogens with zero attached hydrogens (tertiary/aromatic N) is 2. The van der Waals surface area contributed by atoms with Crippen LogP contribution in [0.25, 0.3) is 0 Å². The van der Waals surface area contributed by atoms with E-state index in [-0.39, 0.29) is 35.6 Å².